The number of carbonyl (C=O) groups excluding carboxylic acids is 1. The van der Waals surface area contributed by atoms with Crippen LogP contribution in [0.2, 0.25) is 0 Å². The van der Waals surface area contributed by atoms with E-state index in [-0.39, 0.29) is 31.9 Å². The maximum absolute atomic E-state index is 14.1. The summed E-state index contributed by atoms with van der Waals surface area (Å²) in [5.74, 6) is -0.196. The monoisotopic (exact) mass is 453 g/mol. The number of aryl methyl sites for hydroxylation is 1. The second kappa shape index (κ2) is 9.89. The highest BCUT2D eigenvalue weighted by molar-refractivity contribution is 5.77. The third kappa shape index (κ3) is 5.60. The number of aromatic nitrogens is 4. The quantitative estimate of drug-likeness (QED) is 0.482. The van der Waals surface area contributed by atoms with E-state index in [0.717, 1.165) is 5.56 Å². The Morgan fingerprint density at radius 3 is 2.88 bits per heavy atom. The Labute approximate surface area is 190 Å². The minimum absolute atomic E-state index is 0.0149. The van der Waals surface area contributed by atoms with Crippen LogP contribution in [0.5, 0.6) is 5.88 Å². The number of hydrogen-bond acceptors (Lipinski definition) is 5. The highest BCUT2D eigenvalue weighted by atomic mass is 19.1. The predicted octanol–water partition coefficient (Wildman–Crippen LogP) is 4.04. The van der Waals surface area contributed by atoms with Crippen LogP contribution in [0, 0.1) is 5.82 Å². The molecule has 0 saturated carbocycles. The van der Waals surface area contributed by atoms with E-state index in [4.69, 9.17) is 4.74 Å². The van der Waals surface area contributed by atoms with Gasteiger partial charge in [-0.1, -0.05) is 18.7 Å². The Balaban J connectivity index is 1.30. The van der Waals surface area contributed by atoms with Crippen molar-refractivity contribution in [2.45, 2.75) is 31.5 Å². The summed E-state index contributed by atoms with van der Waals surface area (Å²) in [6, 6.07) is 7.24. The molecule has 0 N–H and O–H groups in total. The van der Waals surface area contributed by atoms with Crippen LogP contribution in [0.3, 0.4) is 0 Å². The third-order valence-electron chi connectivity index (χ3n) is 5.56. The number of hydrogen-bond donors (Lipinski definition) is 0. The standard InChI is InChI=1S/C24H25F2N5O2/c1-16(14-33-23-10-21(27-15-28-23)18-11-29-30(2)12-18)6-7-24(32)31-13-20(26)9-22(31)17-4-3-5-19(25)8-17/h3-5,8,10-12,15,20,22H,1,6-7,9,13-14H2,2H3. The molecule has 33 heavy (non-hydrogen) atoms. The van der Waals surface area contributed by atoms with Crippen LogP contribution in [-0.2, 0) is 11.8 Å². The van der Waals surface area contributed by atoms with Crippen molar-refractivity contribution in [2.75, 3.05) is 13.2 Å². The molecule has 2 atom stereocenters. The van der Waals surface area contributed by atoms with Crippen LogP contribution in [0.25, 0.3) is 11.3 Å². The van der Waals surface area contributed by atoms with Crippen LogP contribution < -0.4 is 4.74 Å². The third-order valence-corrected chi connectivity index (χ3v) is 5.56. The molecule has 1 aliphatic rings. The van der Waals surface area contributed by atoms with E-state index in [1.54, 1.807) is 29.1 Å². The second-order valence-corrected chi connectivity index (χ2v) is 8.13. The molecule has 1 fully saturated rings. The molecule has 1 aliphatic heterocycles. The van der Waals surface area contributed by atoms with Crippen LogP contribution in [0.1, 0.15) is 30.9 Å². The first-order chi connectivity index (χ1) is 15.9. The summed E-state index contributed by atoms with van der Waals surface area (Å²) in [7, 11) is 1.82. The maximum atomic E-state index is 14.1. The van der Waals surface area contributed by atoms with Crippen LogP contribution >= 0.6 is 0 Å². The summed E-state index contributed by atoms with van der Waals surface area (Å²) in [6.07, 6.45) is 4.57. The molecule has 1 aromatic carbocycles. The Morgan fingerprint density at radius 1 is 1.27 bits per heavy atom. The fraction of sp³-hybridized carbons (Fsp3) is 0.333. The van der Waals surface area contributed by atoms with Gasteiger partial charge in [-0.2, -0.15) is 5.10 Å². The van der Waals surface area contributed by atoms with Gasteiger partial charge in [-0.15, -0.1) is 0 Å². The summed E-state index contributed by atoms with van der Waals surface area (Å²) in [4.78, 5) is 22.6. The van der Waals surface area contributed by atoms with Gasteiger partial charge >= 0.3 is 0 Å². The number of amides is 1. The lowest BCUT2D eigenvalue weighted by Crippen LogP contribution is -2.31. The highest BCUT2D eigenvalue weighted by Crippen LogP contribution is 2.34. The number of ether oxygens (including phenoxy) is 1. The number of benzene rings is 1. The first-order valence-electron chi connectivity index (χ1n) is 10.7. The topological polar surface area (TPSA) is 73.1 Å². The first-order valence-corrected chi connectivity index (χ1v) is 10.7. The number of alkyl halides is 1. The smallest absolute Gasteiger partial charge is 0.223 e. The van der Waals surface area contributed by atoms with Gasteiger partial charge < -0.3 is 9.64 Å². The van der Waals surface area contributed by atoms with E-state index in [0.29, 0.717) is 29.1 Å². The van der Waals surface area contributed by atoms with Gasteiger partial charge in [0.15, 0.2) is 0 Å². The molecular formula is C24H25F2N5O2. The minimum Gasteiger partial charge on any atom is -0.473 e. The van der Waals surface area contributed by atoms with E-state index in [1.807, 2.05) is 13.2 Å². The van der Waals surface area contributed by atoms with Crippen molar-refractivity contribution in [2.24, 2.45) is 7.05 Å². The van der Waals surface area contributed by atoms with E-state index in [2.05, 4.69) is 21.6 Å². The molecule has 1 saturated heterocycles. The molecule has 3 heterocycles. The molecule has 7 nitrogen and oxygen atoms in total. The van der Waals surface area contributed by atoms with E-state index in [9.17, 15) is 13.6 Å². The number of nitrogens with zero attached hydrogens (tertiary/aromatic N) is 5. The second-order valence-electron chi connectivity index (χ2n) is 8.13. The van der Waals surface area contributed by atoms with E-state index >= 15 is 0 Å². The zero-order valence-electron chi connectivity index (χ0n) is 18.3. The summed E-state index contributed by atoms with van der Waals surface area (Å²) < 4.78 is 35.1. The lowest BCUT2D eigenvalue weighted by atomic mass is 10.0. The fourth-order valence-electron chi connectivity index (χ4n) is 3.90. The summed E-state index contributed by atoms with van der Waals surface area (Å²) in [5, 5.41) is 4.13. The Hall–Kier alpha value is -3.62. The van der Waals surface area contributed by atoms with Crippen molar-refractivity contribution in [3.63, 3.8) is 0 Å². The lowest BCUT2D eigenvalue weighted by molar-refractivity contribution is -0.132. The van der Waals surface area contributed by atoms with Crippen LogP contribution in [0.4, 0.5) is 8.78 Å². The van der Waals surface area contributed by atoms with Crippen LogP contribution in [0.15, 0.2) is 61.2 Å². The number of likely N-dealkylation sites (tertiary alicyclic amines) is 1. The zero-order valence-corrected chi connectivity index (χ0v) is 18.3. The summed E-state index contributed by atoms with van der Waals surface area (Å²) in [5.41, 5.74) is 2.85. The van der Waals surface area contributed by atoms with Gasteiger partial charge in [-0.25, -0.2) is 18.7 Å². The van der Waals surface area contributed by atoms with Crippen molar-refractivity contribution in [1.82, 2.24) is 24.6 Å². The normalized spacial score (nSPS) is 17.8. The largest absolute Gasteiger partial charge is 0.473 e. The van der Waals surface area contributed by atoms with Gasteiger partial charge in [0.05, 0.1) is 24.5 Å². The summed E-state index contributed by atoms with van der Waals surface area (Å²) in [6.45, 7) is 4.19. The Morgan fingerprint density at radius 2 is 2.12 bits per heavy atom. The van der Waals surface area contributed by atoms with Crippen molar-refractivity contribution in [3.05, 3.63) is 72.6 Å². The van der Waals surface area contributed by atoms with E-state index < -0.39 is 18.0 Å². The van der Waals surface area contributed by atoms with Gasteiger partial charge in [0.1, 0.15) is 24.9 Å². The van der Waals surface area contributed by atoms with Gasteiger partial charge in [0, 0.05) is 37.7 Å². The highest BCUT2D eigenvalue weighted by Gasteiger charge is 2.36. The van der Waals surface area contributed by atoms with Crippen molar-refractivity contribution in [1.29, 1.82) is 0 Å². The minimum atomic E-state index is -1.12. The Bertz CT molecular complexity index is 1150. The van der Waals surface area contributed by atoms with Gasteiger partial charge in [0.25, 0.3) is 0 Å². The average Bonchev–Trinajstić information content (AvgIpc) is 3.42. The molecular weight excluding hydrogens is 428 g/mol. The Kier molecular flexibility index (Phi) is 6.76. The molecule has 4 rings (SSSR count). The van der Waals surface area contributed by atoms with Gasteiger partial charge in [0.2, 0.25) is 11.8 Å². The fourth-order valence-corrected chi connectivity index (χ4v) is 3.90. The number of halogens is 2. The average molecular weight is 453 g/mol. The molecule has 0 aliphatic carbocycles. The molecule has 172 valence electrons. The predicted molar refractivity (Wildman–Crippen MR) is 118 cm³/mol. The molecule has 0 radical (unpaired) electrons. The molecule has 9 heteroatoms. The number of carbonyl (C=O) groups is 1. The van der Waals surface area contributed by atoms with Crippen molar-refractivity contribution >= 4 is 5.91 Å². The van der Waals surface area contributed by atoms with Crippen molar-refractivity contribution < 1.29 is 18.3 Å². The van der Waals surface area contributed by atoms with Crippen molar-refractivity contribution in [3.8, 4) is 17.1 Å². The van der Waals surface area contributed by atoms with Gasteiger partial charge in [-0.3, -0.25) is 9.48 Å². The molecule has 0 spiro atoms. The maximum Gasteiger partial charge on any atom is 0.223 e. The molecule has 0 bridgehead atoms. The van der Waals surface area contributed by atoms with E-state index in [1.165, 1.54) is 23.4 Å². The molecule has 1 amide bonds. The molecule has 2 aromatic heterocycles. The SMILES string of the molecule is C=C(CCC(=O)N1CC(F)CC1c1cccc(F)c1)COc1cc(-c2cnn(C)c2)ncn1. The summed E-state index contributed by atoms with van der Waals surface area (Å²) >= 11 is 0. The zero-order chi connectivity index (χ0) is 23.4. The molecule has 2 unspecified atom stereocenters. The van der Waals surface area contributed by atoms with Gasteiger partial charge in [-0.05, 0) is 29.7 Å². The van der Waals surface area contributed by atoms with Crippen LogP contribution in [-0.4, -0.2) is 49.9 Å². The lowest BCUT2D eigenvalue weighted by Gasteiger charge is -2.25. The number of rotatable bonds is 8. The molecule has 3 aromatic rings. The first kappa shape index (κ1) is 22.6.